The number of amides is 2. The molecule has 6 heteroatoms. The van der Waals surface area contributed by atoms with Crippen LogP contribution < -0.4 is 15.0 Å². The Morgan fingerprint density at radius 3 is 2.72 bits per heavy atom. The third-order valence-corrected chi connectivity index (χ3v) is 4.11. The average Bonchev–Trinajstić information content (AvgIpc) is 2.99. The number of benzene rings is 2. The number of nitrogens with one attached hydrogen (secondary N) is 1. The van der Waals surface area contributed by atoms with Crippen molar-refractivity contribution in [3.05, 3.63) is 48.5 Å². The number of anilines is 2. The molecule has 0 radical (unpaired) electrons. The van der Waals surface area contributed by atoms with Crippen LogP contribution in [0, 0.1) is 5.92 Å². The fraction of sp³-hybridized carbons (Fsp3) is 0.263. The highest BCUT2D eigenvalue weighted by Crippen LogP contribution is 2.33. The zero-order valence-corrected chi connectivity index (χ0v) is 13.9. The molecule has 2 amide bonds. The van der Waals surface area contributed by atoms with Gasteiger partial charge in [0.2, 0.25) is 11.8 Å². The molecule has 1 aliphatic rings. The highest BCUT2D eigenvalue weighted by molar-refractivity contribution is 6.04. The molecule has 0 spiro atoms. The summed E-state index contributed by atoms with van der Waals surface area (Å²) in [5.74, 6) is -0.267. The van der Waals surface area contributed by atoms with Crippen LogP contribution in [0.2, 0.25) is 0 Å². The largest absolute Gasteiger partial charge is 0.506 e. The van der Waals surface area contributed by atoms with Gasteiger partial charge in [-0.1, -0.05) is 24.3 Å². The molecule has 2 N–H and O–H groups in total. The molecule has 0 aliphatic carbocycles. The number of ether oxygens (including phenoxy) is 1. The SMILES string of the molecule is CCOc1ccccc1N1CC(C(=O)Nc2ccccc2O)CC1=O. The number of hydrogen-bond donors (Lipinski definition) is 2. The van der Waals surface area contributed by atoms with E-state index in [1.54, 1.807) is 23.1 Å². The van der Waals surface area contributed by atoms with Gasteiger partial charge in [0.1, 0.15) is 11.5 Å². The van der Waals surface area contributed by atoms with E-state index in [1.165, 1.54) is 6.07 Å². The Bertz CT molecular complexity index is 790. The van der Waals surface area contributed by atoms with Gasteiger partial charge >= 0.3 is 0 Å². The lowest BCUT2D eigenvalue weighted by Gasteiger charge is -2.20. The van der Waals surface area contributed by atoms with Crippen LogP contribution in [-0.2, 0) is 9.59 Å². The summed E-state index contributed by atoms with van der Waals surface area (Å²) >= 11 is 0. The Labute approximate surface area is 146 Å². The minimum atomic E-state index is -0.484. The van der Waals surface area contributed by atoms with Crippen molar-refractivity contribution in [3.63, 3.8) is 0 Å². The Hall–Kier alpha value is -3.02. The molecule has 25 heavy (non-hydrogen) atoms. The maximum atomic E-state index is 12.5. The van der Waals surface area contributed by atoms with Crippen LogP contribution >= 0.6 is 0 Å². The van der Waals surface area contributed by atoms with Gasteiger partial charge in [-0.2, -0.15) is 0 Å². The molecule has 1 fully saturated rings. The van der Waals surface area contributed by atoms with Crippen molar-refractivity contribution in [2.45, 2.75) is 13.3 Å². The smallest absolute Gasteiger partial charge is 0.229 e. The summed E-state index contributed by atoms with van der Waals surface area (Å²) < 4.78 is 5.58. The summed E-state index contributed by atoms with van der Waals surface area (Å²) in [5.41, 5.74) is 1.01. The number of carbonyl (C=O) groups is 2. The molecule has 2 aromatic rings. The van der Waals surface area contributed by atoms with Crippen molar-refractivity contribution in [3.8, 4) is 11.5 Å². The number of para-hydroxylation sites is 4. The van der Waals surface area contributed by atoms with Gasteiger partial charge in [0, 0.05) is 13.0 Å². The molecule has 1 unspecified atom stereocenters. The highest BCUT2D eigenvalue weighted by Gasteiger charge is 2.36. The normalized spacial score (nSPS) is 16.8. The molecule has 0 aromatic heterocycles. The Morgan fingerprint density at radius 2 is 1.96 bits per heavy atom. The second kappa shape index (κ2) is 7.25. The number of carbonyl (C=O) groups excluding carboxylic acids is 2. The minimum absolute atomic E-state index is 0.00118. The molecule has 0 saturated carbocycles. The van der Waals surface area contributed by atoms with E-state index >= 15 is 0 Å². The van der Waals surface area contributed by atoms with Crippen molar-refractivity contribution < 1.29 is 19.4 Å². The maximum Gasteiger partial charge on any atom is 0.229 e. The van der Waals surface area contributed by atoms with Crippen LogP contribution in [0.5, 0.6) is 11.5 Å². The number of nitrogens with zero attached hydrogens (tertiary/aromatic N) is 1. The predicted molar refractivity (Wildman–Crippen MR) is 94.8 cm³/mol. The first-order valence-corrected chi connectivity index (χ1v) is 8.21. The summed E-state index contributed by atoms with van der Waals surface area (Å²) in [7, 11) is 0. The van der Waals surface area contributed by atoms with E-state index in [-0.39, 0.29) is 30.5 Å². The molecule has 0 bridgehead atoms. The Morgan fingerprint density at radius 1 is 1.24 bits per heavy atom. The van der Waals surface area contributed by atoms with Gasteiger partial charge in [0.05, 0.1) is 23.9 Å². The number of aromatic hydroxyl groups is 1. The van der Waals surface area contributed by atoms with Gasteiger partial charge in [0.15, 0.2) is 0 Å². The Balaban J connectivity index is 1.74. The van der Waals surface area contributed by atoms with Crippen LogP contribution in [0.25, 0.3) is 0 Å². The molecule has 130 valence electrons. The van der Waals surface area contributed by atoms with Crippen LogP contribution in [0.15, 0.2) is 48.5 Å². The third kappa shape index (κ3) is 3.57. The molecule has 1 aliphatic heterocycles. The van der Waals surface area contributed by atoms with Gasteiger partial charge in [-0.3, -0.25) is 9.59 Å². The summed E-state index contributed by atoms with van der Waals surface area (Å²) in [6.45, 7) is 2.66. The predicted octanol–water partition coefficient (Wildman–Crippen LogP) is 2.78. The second-order valence-electron chi connectivity index (χ2n) is 5.81. The summed E-state index contributed by atoms with van der Waals surface area (Å²) in [4.78, 5) is 26.5. The molecule has 6 nitrogen and oxygen atoms in total. The molecule has 1 atom stereocenters. The van der Waals surface area contributed by atoms with E-state index in [9.17, 15) is 14.7 Å². The summed E-state index contributed by atoms with van der Waals surface area (Å²) in [6, 6.07) is 13.8. The lowest BCUT2D eigenvalue weighted by molar-refractivity contribution is -0.122. The van der Waals surface area contributed by atoms with Crippen molar-refractivity contribution >= 4 is 23.2 Å². The zero-order valence-electron chi connectivity index (χ0n) is 13.9. The Kier molecular flexibility index (Phi) is 4.88. The average molecular weight is 340 g/mol. The topological polar surface area (TPSA) is 78.9 Å². The number of hydrogen-bond acceptors (Lipinski definition) is 4. The standard InChI is InChI=1S/C19H20N2O4/c1-2-25-17-10-6-4-8-15(17)21-12-13(11-18(21)23)19(24)20-14-7-3-5-9-16(14)22/h3-10,13,22H,2,11-12H2,1H3,(H,20,24). The fourth-order valence-electron chi connectivity index (χ4n) is 2.89. The van der Waals surface area contributed by atoms with Crippen molar-refractivity contribution in [1.82, 2.24) is 0 Å². The van der Waals surface area contributed by atoms with Crippen LogP contribution in [0.3, 0.4) is 0 Å². The minimum Gasteiger partial charge on any atom is -0.506 e. The van der Waals surface area contributed by atoms with E-state index in [0.29, 0.717) is 23.7 Å². The monoisotopic (exact) mass is 340 g/mol. The first kappa shape index (κ1) is 16.8. The van der Waals surface area contributed by atoms with E-state index in [0.717, 1.165) is 0 Å². The molecular weight excluding hydrogens is 320 g/mol. The molecule has 1 saturated heterocycles. The third-order valence-electron chi connectivity index (χ3n) is 4.11. The zero-order chi connectivity index (χ0) is 17.8. The first-order chi connectivity index (χ1) is 12.1. The van der Waals surface area contributed by atoms with Gasteiger partial charge in [-0.05, 0) is 31.2 Å². The number of phenols is 1. The molecule has 1 heterocycles. The summed E-state index contributed by atoms with van der Waals surface area (Å²) in [6.07, 6.45) is 0.125. The van der Waals surface area contributed by atoms with Crippen LogP contribution in [0.4, 0.5) is 11.4 Å². The van der Waals surface area contributed by atoms with Crippen molar-refractivity contribution in [1.29, 1.82) is 0 Å². The van der Waals surface area contributed by atoms with Crippen LogP contribution in [0.1, 0.15) is 13.3 Å². The van der Waals surface area contributed by atoms with Crippen LogP contribution in [-0.4, -0.2) is 30.1 Å². The highest BCUT2D eigenvalue weighted by atomic mass is 16.5. The van der Waals surface area contributed by atoms with E-state index < -0.39 is 5.92 Å². The second-order valence-corrected chi connectivity index (χ2v) is 5.81. The maximum absolute atomic E-state index is 12.5. The van der Waals surface area contributed by atoms with E-state index in [2.05, 4.69) is 5.32 Å². The lowest BCUT2D eigenvalue weighted by Crippen LogP contribution is -2.28. The van der Waals surface area contributed by atoms with Gasteiger partial charge in [0.25, 0.3) is 0 Å². The van der Waals surface area contributed by atoms with E-state index in [1.807, 2.05) is 31.2 Å². The molecule has 3 rings (SSSR count). The molecular formula is C19H20N2O4. The molecule has 2 aromatic carbocycles. The van der Waals surface area contributed by atoms with Gasteiger partial charge in [-0.25, -0.2) is 0 Å². The fourth-order valence-corrected chi connectivity index (χ4v) is 2.89. The van der Waals surface area contributed by atoms with Gasteiger partial charge < -0.3 is 20.1 Å². The summed E-state index contributed by atoms with van der Waals surface area (Å²) in [5, 5.41) is 12.5. The number of phenolic OH excluding ortho intramolecular Hbond substituents is 1. The van der Waals surface area contributed by atoms with Crippen molar-refractivity contribution in [2.24, 2.45) is 5.92 Å². The quantitative estimate of drug-likeness (QED) is 0.821. The number of rotatable bonds is 5. The first-order valence-electron chi connectivity index (χ1n) is 8.21. The van der Waals surface area contributed by atoms with Gasteiger partial charge in [-0.15, -0.1) is 0 Å². The van der Waals surface area contributed by atoms with Crippen molar-refractivity contribution in [2.75, 3.05) is 23.4 Å². The lowest BCUT2D eigenvalue weighted by atomic mass is 10.1. The van der Waals surface area contributed by atoms with E-state index in [4.69, 9.17) is 4.74 Å².